The highest BCUT2D eigenvalue weighted by Gasteiger charge is 2.29. The van der Waals surface area contributed by atoms with Crippen LogP contribution in [0.1, 0.15) is 19.3 Å². The van der Waals surface area contributed by atoms with Gasteiger partial charge in [-0.25, -0.2) is 0 Å². The van der Waals surface area contributed by atoms with E-state index in [0.717, 1.165) is 32.5 Å². The van der Waals surface area contributed by atoms with Gasteiger partial charge in [0.25, 0.3) is 0 Å². The van der Waals surface area contributed by atoms with E-state index < -0.39 is 0 Å². The molecule has 13 heavy (non-hydrogen) atoms. The lowest BCUT2D eigenvalue weighted by molar-refractivity contribution is -0.137. The Hall–Kier alpha value is 0.01000. The van der Waals surface area contributed by atoms with Gasteiger partial charge in [-0.3, -0.25) is 4.79 Å². The lowest BCUT2D eigenvalue weighted by atomic mass is 10.00. The minimum absolute atomic E-state index is 0. The van der Waals surface area contributed by atoms with Crippen LogP contribution in [0.15, 0.2) is 0 Å². The first-order valence-corrected chi connectivity index (χ1v) is 4.38. The molecule has 2 aliphatic rings. The second kappa shape index (κ2) is 5.68. The van der Waals surface area contributed by atoms with Crippen molar-refractivity contribution in [3.05, 3.63) is 0 Å². The molecule has 1 amide bonds. The second-order valence-electron chi connectivity index (χ2n) is 3.34. The maximum atomic E-state index is 11.3. The number of carbonyl (C=O) groups excluding carboxylic acids is 1. The summed E-state index contributed by atoms with van der Waals surface area (Å²) in [6, 6.07) is 0.505. The van der Waals surface area contributed by atoms with Gasteiger partial charge >= 0.3 is 0 Å². The topological polar surface area (TPSA) is 32.3 Å². The number of piperidine rings is 1. The van der Waals surface area contributed by atoms with E-state index in [0.29, 0.717) is 11.9 Å². The third-order valence-corrected chi connectivity index (χ3v) is 2.60. The Bertz CT molecular complexity index is 176. The molecule has 3 nitrogen and oxygen atoms in total. The standard InChI is InChI=1S/C8H14N2O.2ClH/c11-8-3-1-2-7-6-9-4-5-10(7)8;;/h7,9H,1-6H2;2*1H. The van der Waals surface area contributed by atoms with Gasteiger partial charge in [-0.05, 0) is 12.8 Å². The van der Waals surface area contributed by atoms with Crippen LogP contribution in [0.5, 0.6) is 0 Å². The fourth-order valence-corrected chi connectivity index (χ4v) is 1.98. The monoisotopic (exact) mass is 226 g/mol. The number of nitrogens with zero attached hydrogens (tertiary/aromatic N) is 1. The molecule has 0 aromatic heterocycles. The van der Waals surface area contributed by atoms with Crippen molar-refractivity contribution in [1.82, 2.24) is 10.2 Å². The molecule has 1 atom stereocenters. The van der Waals surface area contributed by atoms with Gasteiger partial charge in [0.1, 0.15) is 0 Å². The minimum Gasteiger partial charge on any atom is -0.337 e. The Kier molecular flexibility index (Phi) is 5.68. The Morgan fingerprint density at radius 1 is 1.38 bits per heavy atom. The predicted molar refractivity (Wildman–Crippen MR) is 56.7 cm³/mol. The van der Waals surface area contributed by atoms with Crippen molar-refractivity contribution < 1.29 is 4.79 Å². The summed E-state index contributed by atoms with van der Waals surface area (Å²) in [6.45, 7) is 2.90. The molecule has 0 aromatic rings. The zero-order chi connectivity index (χ0) is 7.68. The number of hydrogen-bond donors (Lipinski definition) is 1. The van der Waals surface area contributed by atoms with Gasteiger partial charge < -0.3 is 10.2 Å². The van der Waals surface area contributed by atoms with Gasteiger partial charge in [-0.15, -0.1) is 24.8 Å². The zero-order valence-electron chi connectivity index (χ0n) is 7.49. The molecule has 2 fully saturated rings. The van der Waals surface area contributed by atoms with Crippen LogP contribution in [0, 0.1) is 0 Å². The average Bonchev–Trinajstić information content (AvgIpc) is 2.06. The number of halogens is 2. The molecule has 2 aliphatic heterocycles. The van der Waals surface area contributed by atoms with Crippen LogP contribution in [-0.4, -0.2) is 36.5 Å². The molecule has 0 radical (unpaired) electrons. The molecule has 5 heteroatoms. The maximum absolute atomic E-state index is 11.3. The minimum atomic E-state index is 0. The van der Waals surface area contributed by atoms with Crippen LogP contribution in [0.25, 0.3) is 0 Å². The molecular formula is C8H16Cl2N2O. The highest BCUT2D eigenvalue weighted by Crippen LogP contribution is 2.18. The number of nitrogens with one attached hydrogen (secondary N) is 1. The largest absolute Gasteiger partial charge is 0.337 e. The van der Waals surface area contributed by atoms with Gasteiger partial charge in [-0.1, -0.05) is 0 Å². The number of carbonyl (C=O) groups is 1. The van der Waals surface area contributed by atoms with Crippen molar-refractivity contribution in [3.63, 3.8) is 0 Å². The molecule has 0 aromatic carbocycles. The van der Waals surface area contributed by atoms with E-state index in [1.807, 2.05) is 4.90 Å². The van der Waals surface area contributed by atoms with Crippen LogP contribution in [0.3, 0.4) is 0 Å². The molecule has 78 valence electrons. The third kappa shape index (κ3) is 2.73. The van der Waals surface area contributed by atoms with E-state index in [9.17, 15) is 4.79 Å². The van der Waals surface area contributed by atoms with Crippen LogP contribution in [0.4, 0.5) is 0 Å². The van der Waals surface area contributed by atoms with Gasteiger partial charge in [0.05, 0.1) is 0 Å². The fraction of sp³-hybridized carbons (Fsp3) is 0.875. The van der Waals surface area contributed by atoms with Crippen molar-refractivity contribution in [2.24, 2.45) is 0 Å². The Labute approximate surface area is 91.1 Å². The molecule has 0 spiro atoms. The summed E-state index contributed by atoms with van der Waals surface area (Å²) in [5.41, 5.74) is 0. The van der Waals surface area contributed by atoms with Crippen LogP contribution in [0.2, 0.25) is 0 Å². The average molecular weight is 227 g/mol. The second-order valence-corrected chi connectivity index (χ2v) is 3.34. The molecule has 2 saturated heterocycles. The predicted octanol–water partition coefficient (Wildman–Crippen LogP) is 0.814. The summed E-state index contributed by atoms with van der Waals surface area (Å²) in [5.74, 6) is 0.364. The highest BCUT2D eigenvalue weighted by molar-refractivity contribution is 5.85. The molecule has 1 unspecified atom stereocenters. The Morgan fingerprint density at radius 3 is 2.85 bits per heavy atom. The Balaban J connectivity index is 0.000000720. The van der Waals surface area contributed by atoms with Crippen molar-refractivity contribution in [2.75, 3.05) is 19.6 Å². The van der Waals surface area contributed by atoms with Gasteiger partial charge in [-0.2, -0.15) is 0 Å². The van der Waals surface area contributed by atoms with Crippen molar-refractivity contribution in [2.45, 2.75) is 25.3 Å². The van der Waals surface area contributed by atoms with Crippen LogP contribution in [-0.2, 0) is 4.79 Å². The summed E-state index contributed by atoms with van der Waals surface area (Å²) >= 11 is 0. The van der Waals surface area contributed by atoms with E-state index in [2.05, 4.69) is 5.32 Å². The maximum Gasteiger partial charge on any atom is 0.222 e. The summed E-state index contributed by atoms with van der Waals surface area (Å²) in [5, 5.41) is 3.31. The summed E-state index contributed by atoms with van der Waals surface area (Å²) in [4.78, 5) is 13.4. The van der Waals surface area contributed by atoms with Gasteiger partial charge in [0.2, 0.25) is 5.91 Å². The molecule has 1 N–H and O–H groups in total. The van der Waals surface area contributed by atoms with Crippen molar-refractivity contribution in [3.8, 4) is 0 Å². The number of fused-ring (bicyclic) bond motifs is 1. The summed E-state index contributed by atoms with van der Waals surface area (Å²) in [7, 11) is 0. The number of rotatable bonds is 0. The van der Waals surface area contributed by atoms with E-state index in [1.165, 1.54) is 6.42 Å². The normalized spacial score (nSPS) is 26.9. The molecule has 0 saturated carbocycles. The Morgan fingerprint density at radius 2 is 2.15 bits per heavy atom. The highest BCUT2D eigenvalue weighted by atomic mass is 35.5. The quantitative estimate of drug-likeness (QED) is 0.664. The molecule has 0 aliphatic carbocycles. The number of amides is 1. The zero-order valence-corrected chi connectivity index (χ0v) is 9.12. The molecule has 0 bridgehead atoms. The molecular weight excluding hydrogens is 211 g/mol. The number of hydrogen-bond acceptors (Lipinski definition) is 2. The lowest BCUT2D eigenvalue weighted by Gasteiger charge is -2.39. The van der Waals surface area contributed by atoms with Gasteiger partial charge in [0.15, 0.2) is 0 Å². The molecule has 2 rings (SSSR count). The number of piperazine rings is 1. The lowest BCUT2D eigenvalue weighted by Crippen LogP contribution is -2.55. The van der Waals surface area contributed by atoms with Gasteiger partial charge in [0, 0.05) is 32.1 Å². The SMILES string of the molecule is Cl.Cl.O=C1CCCC2CNCCN12. The van der Waals surface area contributed by atoms with E-state index in [1.54, 1.807) is 0 Å². The van der Waals surface area contributed by atoms with Crippen molar-refractivity contribution in [1.29, 1.82) is 0 Å². The van der Waals surface area contributed by atoms with E-state index in [4.69, 9.17) is 0 Å². The van der Waals surface area contributed by atoms with Crippen LogP contribution >= 0.6 is 24.8 Å². The fourth-order valence-electron chi connectivity index (χ4n) is 1.98. The first-order valence-electron chi connectivity index (χ1n) is 4.38. The third-order valence-electron chi connectivity index (χ3n) is 2.60. The van der Waals surface area contributed by atoms with E-state index >= 15 is 0 Å². The summed E-state index contributed by atoms with van der Waals surface area (Å²) < 4.78 is 0. The van der Waals surface area contributed by atoms with Crippen LogP contribution < -0.4 is 5.32 Å². The van der Waals surface area contributed by atoms with Crippen molar-refractivity contribution >= 4 is 30.7 Å². The first-order chi connectivity index (χ1) is 5.38. The smallest absolute Gasteiger partial charge is 0.222 e. The van der Waals surface area contributed by atoms with E-state index in [-0.39, 0.29) is 24.8 Å². The first kappa shape index (κ1) is 13.0. The molecule has 2 heterocycles. The summed E-state index contributed by atoms with van der Waals surface area (Å²) in [6.07, 6.45) is 3.05.